The average molecular weight is 471 g/mol. The molecule has 32 heavy (non-hydrogen) atoms. The predicted octanol–water partition coefficient (Wildman–Crippen LogP) is 6.29. The molecule has 0 saturated carbocycles. The first-order valence-electron chi connectivity index (χ1n) is 9.92. The molecule has 0 radical (unpaired) electrons. The third-order valence-electron chi connectivity index (χ3n) is 4.91. The number of ether oxygens (including phenoxy) is 1. The topological polar surface area (TPSA) is 58.6 Å². The zero-order valence-corrected chi connectivity index (χ0v) is 19.9. The number of aromatic nitrogens is 2. The first kappa shape index (κ1) is 23.6. The van der Waals surface area contributed by atoms with Crippen molar-refractivity contribution in [2.45, 2.75) is 27.4 Å². The summed E-state index contributed by atoms with van der Waals surface area (Å²) in [4.78, 5) is 23.9. The summed E-state index contributed by atoms with van der Waals surface area (Å²) in [6.07, 6.45) is 7.07. The number of hydrogen-bond donors (Lipinski definition) is 0. The molecule has 2 aromatic heterocycles. The summed E-state index contributed by atoms with van der Waals surface area (Å²) >= 11 is 12.9. The Kier molecular flexibility index (Phi) is 7.38. The van der Waals surface area contributed by atoms with E-state index in [0.29, 0.717) is 27.7 Å². The number of aryl methyl sites for hydroxylation is 1. The van der Waals surface area contributed by atoms with E-state index in [9.17, 15) is 4.79 Å². The van der Waals surface area contributed by atoms with Crippen molar-refractivity contribution in [2.24, 2.45) is 0 Å². The lowest BCUT2D eigenvalue weighted by molar-refractivity contribution is -0.116. The van der Waals surface area contributed by atoms with E-state index in [0.717, 1.165) is 16.8 Å². The Morgan fingerprint density at radius 3 is 2.72 bits per heavy atom. The minimum absolute atomic E-state index is 0.0863. The molecular formula is C24H24Cl2N4O2. The standard InChI is InChI=1S/C24H24Cl2N4O2/c1-6-11-30(7-2)20-12-15(3)28-23-17(20)9-8-10-21(23)32-14-18-19(25)13-27-24(22(18)26)29(5)16(4)31/h6-13H,2,14H2,1,3-5H3/b11-6-. The summed E-state index contributed by atoms with van der Waals surface area (Å²) < 4.78 is 6.12. The molecular weight excluding hydrogens is 447 g/mol. The maximum Gasteiger partial charge on any atom is 0.224 e. The van der Waals surface area contributed by atoms with Crippen molar-refractivity contribution in [3.63, 3.8) is 0 Å². The average Bonchev–Trinajstić information content (AvgIpc) is 2.76. The number of allylic oxidation sites excluding steroid dienone is 1. The smallest absolute Gasteiger partial charge is 0.224 e. The van der Waals surface area contributed by atoms with Crippen LogP contribution in [-0.4, -0.2) is 22.9 Å². The summed E-state index contributed by atoms with van der Waals surface area (Å²) in [6, 6.07) is 7.72. The molecule has 0 aliphatic heterocycles. The Morgan fingerprint density at radius 1 is 1.31 bits per heavy atom. The number of carbonyl (C=O) groups excluding carboxylic acids is 1. The van der Waals surface area contributed by atoms with Crippen LogP contribution in [0.2, 0.25) is 10.0 Å². The lowest BCUT2D eigenvalue weighted by Gasteiger charge is -2.20. The Hall–Kier alpha value is -3.09. The van der Waals surface area contributed by atoms with Gasteiger partial charge in [-0.15, -0.1) is 0 Å². The molecule has 1 amide bonds. The van der Waals surface area contributed by atoms with Crippen LogP contribution < -0.4 is 14.5 Å². The van der Waals surface area contributed by atoms with E-state index in [4.69, 9.17) is 32.9 Å². The first-order valence-corrected chi connectivity index (χ1v) is 10.7. The summed E-state index contributed by atoms with van der Waals surface area (Å²) in [5, 5.41) is 1.54. The van der Waals surface area contributed by atoms with Gasteiger partial charge in [-0.1, -0.05) is 48.0 Å². The molecule has 3 aromatic rings. The quantitative estimate of drug-likeness (QED) is 0.405. The summed E-state index contributed by atoms with van der Waals surface area (Å²) in [6.45, 7) is 9.30. The Labute approximate surface area is 197 Å². The van der Waals surface area contributed by atoms with E-state index in [-0.39, 0.29) is 17.5 Å². The molecule has 0 unspecified atom stereocenters. The van der Waals surface area contributed by atoms with Crippen molar-refractivity contribution in [3.8, 4) is 5.75 Å². The van der Waals surface area contributed by atoms with Crippen molar-refractivity contribution in [3.05, 3.63) is 76.8 Å². The molecule has 166 valence electrons. The number of fused-ring (bicyclic) bond motifs is 1. The number of anilines is 2. The number of halogens is 2. The fraction of sp³-hybridized carbons (Fsp3) is 0.208. The molecule has 0 N–H and O–H groups in total. The molecule has 0 saturated heterocycles. The van der Waals surface area contributed by atoms with Gasteiger partial charge in [-0.05, 0) is 26.0 Å². The monoisotopic (exact) mass is 470 g/mol. The van der Waals surface area contributed by atoms with Crippen LogP contribution in [0.25, 0.3) is 10.9 Å². The van der Waals surface area contributed by atoms with Crippen LogP contribution in [0.15, 0.2) is 55.5 Å². The van der Waals surface area contributed by atoms with Gasteiger partial charge < -0.3 is 9.64 Å². The highest BCUT2D eigenvalue weighted by Crippen LogP contribution is 2.35. The highest BCUT2D eigenvalue weighted by atomic mass is 35.5. The van der Waals surface area contributed by atoms with E-state index in [1.54, 1.807) is 13.2 Å². The molecule has 8 heteroatoms. The SMILES string of the molecule is C=CN(/C=C\C)c1cc(C)nc2c(OCc3c(Cl)cnc(N(C)C(C)=O)c3Cl)cccc12. The van der Waals surface area contributed by atoms with Gasteiger partial charge in [0.25, 0.3) is 0 Å². The Morgan fingerprint density at radius 2 is 2.06 bits per heavy atom. The van der Waals surface area contributed by atoms with Crippen LogP contribution in [0.1, 0.15) is 25.1 Å². The van der Waals surface area contributed by atoms with Gasteiger partial charge in [-0.2, -0.15) is 0 Å². The minimum atomic E-state index is -0.192. The van der Waals surface area contributed by atoms with Gasteiger partial charge in [0.2, 0.25) is 5.91 Å². The van der Waals surface area contributed by atoms with Gasteiger partial charge >= 0.3 is 0 Å². The van der Waals surface area contributed by atoms with Crippen LogP contribution in [0, 0.1) is 6.92 Å². The predicted molar refractivity (Wildman–Crippen MR) is 132 cm³/mol. The van der Waals surface area contributed by atoms with Gasteiger partial charge in [0.15, 0.2) is 5.82 Å². The molecule has 6 nitrogen and oxygen atoms in total. The lowest BCUT2D eigenvalue weighted by atomic mass is 10.1. The zero-order valence-electron chi connectivity index (χ0n) is 18.4. The number of pyridine rings is 2. The fourth-order valence-electron chi connectivity index (χ4n) is 3.22. The maximum atomic E-state index is 11.7. The van der Waals surface area contributed by atoms with E-state index >= 15 is 0 Å². The van der Waals surface area contributed by atoms with Gasteiger partial charge in [0, 0.05) is 49.2 Å². The van der Waals surface area contributed by atoms with Gasteiger partial charge in [-0.25, -0.2) is 9.97 Å². The minimum Gasteiger partial charge on any atom is -0.487 e. The van der Waals surface area contributed by atoms with Crippen LogP contribution in [-0.2, 0) is 11.4 Å². The molecule has 1 aromatic carbocycles. The van der Waals surface area contributed by atoms with Crippen LogP contribution in [0.4, 0.5) is 11.5 Å². The van der Waals surface area contributed by atoms with Crippen molar-refractivity contribution in [1.29, 1.82) is 0 Å². The number of nitrogens with zero attached hydrogens (tertiary/aromatic N) is 4. The van der Waals surface area contributed by atoms with Crippen molar-refractivity contribution >= 4 is 51.5 Å². The highest BCUT2D eigenvalue weighted by molar-refractivity contribution is 6.37. The Bertz CT molecular complexity index is 1210. The van der Waals surface area contributed by atoms with Gasteiger partial charge in [-0.3, -0.25) is 9.69 Å². The molecule has 0 bridgehead atoms. The lowest BCUT2D eigenvalue weighted by Crippen LogP contribution is -2.24. The van der Waals surface area contributed by atoms with E-state index in [2.05, 4.69) is 11.6 Å². The molecule has 0 fully saturated rings. The number of amides is 1. The van der Waals surface area contributed by atoms with Crippen molar-refractivity contribution in [2.75, 3.05) is 16.8 Å². The third kappa shape index (κ3) is 4.71. The van der Waals surface area contributed by atoms with Gasteiger partial charge in [0.05, 0.1) is 15.7 Å². The normalized spacial score (nSPS) is 11.1. The van der Waals surface area contributed by atoms with Crippen LogP contribution in [0.5, 0.6) is 5.75 Å². The van der Waals surface area contributed by atoms with Crippen LogP contribution in [0.3, 0.4) is 0 Å². The molecule has 0 atom stereocenters. The molecule has 0 aliphatic rings. The second kappa shape index (κ2) is 10.0. The molecule has 2 heterocycles. The number of carbonyl (C=O) groups is 1. The van der Waals surface area contributed by atoms with Gasteiger partial charge in [0.1, 0.15) is 17.9 Å². The molecule has 0 aliphatic carbocycles. The van der Waals surface area contributed by atoms with Crippen molar-refractivity contribution in [1.82, 2.24) is 9.97 Å². The number of rotatable bonds is 7. The number of benzene rings is 1. The van der Waals surface area contributed by atoms with Crippen LogP contribution >= 0.6 is 23.2 Å². The largest absolute Gasteiger partial charge is 0.487 e. The highest BCUT2D eigenvalue weighted by Gasteiger charge is 2.19. The number of para-hydroxylation sites is 1. The summed E-state index contributed by atoms with van der Waals surface area (Å²) in [7, 11) is 1.60. The zero-order chi connectivity index (χ0) is 23.4. The second-order valence-electron chi connectivity index (χ2n) is 7.10. The van der Waals surface area contributed by atoms with E-state index < -0.39 is 0 Å². The number of hydrogen-bond acceptors (Lipinski definition) is 5. The Balaban J connectivity index is 2.03. The molecule has 3 rings (SSSR count). The first-order chi connectivity index (χ1) is 15.3. The third-order valence-corrected chi connectivity index (χ3v) is 5.63. The molecule has 0 spiro atoms. The second-order valence-corrected chi connectivity index (χ2v) is 7.88. The summed E-state index contributed by atoms with van der Waals surface area (Å²) in [5.74, 6) is 0.717. The summed E-state index contributed by atoms with van der Waals surface area (Å²) in [5.41, 5.74) is 3.03. The maximum absolute atomic E-state index is 11.7. The van der Waals surface area contributed by atoms with E-state index in [1.165, 1.54) is 18.0 Å². The fourth-order valence-corrected chi connectivity index (χ4v) is 3.79. The van der Waals surface area contributed by atoms with E-state index in [1.807, 2.05) is 55.3 Å². The van der Waals surface area contributed by atoms with Crippen molar-refractivity contribution < 1.29 is 9.53 Å².